The van der Waals surface area contributed by atoms with Crippen LogP contribution >= 0.6 is 11.6 Å². The first kappa shape index (κ1) is 16.6. The molecule has 0 saturated carbocycles. The lowest BCUT2D eigenvalue weighted by Gasteiger charge is -2.31. The number of piperidine rings is 1. The van der Waals surface area contributed by atoms with Crippen LogP contribution in [0.5, 0.6) is 0 Å². The molecule has 0 atom stereocenters. The standard InChI is InChI=1S/C16H21ClN2O3/c17-10-15(20)18-11-13-6-8-19(9-7-13)16(21)22-12-14-4-2-1-3-5-14/h1-5,13H,6-12H2,(H,18,20). The largest absolute Gasteiger partial charge is 0.445 e. The lowest BCUT2D eigenvalue weighted by Crippen LogP contribution is -2.41. The van der Waals surface area contributed by atoms with Gasteiger partial charge < -0.3 is 15.0 Å². The van der Waals surface area contributed by atoms with Crippen LogP contribution in [0.4, 0.5) is 4.79 Å². The Labute approximate surface area is 135 Å². The Morgan fingerprint density at radius 1 is 1.23 bits per heavy atom. The van der Waals surface area contributed by atoms with E-state index in [0.29, 0.717) is 32.2 Å². The van der Waals surface area contributed by atoms with Crippen LogP contribution < -0.4 is 5.32 Å². The van der Waals surface area contributed by atoms with Crippen molar-refractivity contribution in [2.75, 3.05) is 25.5 Å². The summed E-state index contributed by atoms with van der Waals surface area (Å²) in [6.45, 7) is 2.24. The number of benzene rings is 1. The lowest BCUT2D eigenvalue weighted by molar-refractivity contribution is -0.118. The quantitative estimate of drug-likeness (QED) is 0.846. The van der Waals surface area contributed by atoms with E-state index < -0.39 is 0 Å². The first-order valence-corrected chi connectivity index (χ1v) is 8.00. The van der Waals surface area contributed by atoms with Gasteiger partial charge in [0.2, 0.25) is 5.91 Å². The molecule has 0 aliphatic carbocycles. The predicted octanol–water partition coefficient (Wildman–Crippen LogP) is 2.39. The second-order valence-electron chi connectivity index (χ2n) is 5.41. The molecule has 5 nitrogen and oxygen atoms in total. The molecule has 1 aromatic carbocycles. The number of halogens is 1. The third-order valence-corrected chi connectivity index (χ3v) is 4.03. The molecule has 0 aromatic heterocycles. The van der Waals surface area contributed by atoms with E-state index >= 15 is 0 Å². The maximum atomic E-state index is 12.0. The highest BCUT2D eigenvalue weighted by atomic mass is 35.5. The average Bonchev–Trinajstić information content (AvgIpc) is 2.59. The van der Waals surface area contributed by atoms with Crippen molar-refractivity contribution in [3.63, 3.8) is 0 Å². The van der Waals surface area contributed by atoms with Gasteiger partial charge in [-0.2, -0.15) is 0 Å². The number of carbonyl (C=O) groups excluding carboxylic acids is 2. The number of hydrogen-bond acceptors (Lipinski definition) is 3. The van der Waals surface area contributed by atoms with Crippen molar-refractivity contribution < 1.29 is 14.3 Å². The predicted molar refractivity (Wildman–Crippen MR) is 84.7 cm³/mol. The van der Waals surface area contributed by atoms with Gasteiger partial charge in [0.05, 0.1) is 0 Å². The molecule has 1 aliphatic heterocycles. The fourth-order valence-electron chi connectivity index (χ4n) is 2.44. The molecular formula is C16H21ClN2O3. The second-order valence-corrected chi connectivity index (χ2v) is 5.68. The van der Waals surface area contributed by atoms with Crippen molar-refractivity contribution in [2.45, 2.75) is 19.4 Å². The van der Waals surface area contributed by atoms with Crippen molar-refractivity contribution in [2.24, 2.45) is 5.92 Å². The Bertz CT molecular complexity index is 487. The number of nitrogens with one attached hydrogen (secondary N) is 1. The molecule has 1 N–H and O–H groups in total. The van der Waals surface area contributed by atoms with Crippen molar-refractivity contribution in [1.29, 1.82) is 0 Å². The maximum absolute atomic E-state index is 12.0. The number of rotatable bonds is 5. The molecule has 1 aliphatic rings. The second kappa shape index (κ2) is 8.63. The SMILES string of the molecule is O=C(CCl)NCC1CCN(C(=O)OCc2ccccc2)CC1. The molecule has 2 rings (SSSR count). The molecule has 0 spiro atoms. The van der Waals surface area contributed by atoms with Crippen molar-refractivity contribution in [3.8, 4) is 0 Å². The number of amides is 2. The van der Waals surface area contributed by atoms with Gasteiger partial charge in [-0.25, -0.2) is 4.79 Å². The zero-order chi connectivity index (χ0) is 15.8. The first-order valence-electron chi connectivity index (χ1n) is 7.47. The van der Waals surface area contributed by atoms with Gasteiger partial charge in [-0.3, -0.25) is 4.79 Å². The Hall–Kier alpha value is -1.75. The Morgan fingerprint density at radius 3 is 2.55 bits per heavy atom. The van der Waals surface area contributed by atoms with E-state index in [1.807, 2.05) is 30.3 Å². The van der Waals surface area contributed by atoms with Crippen LogP contribution in [0.1, 0.15) is 18.4 Å². The van der Waals surface area contributed by atoms with Crippen molar-refractivity contribution in [1.82, 2.24) is 10.2 Å². The zero-order valence-electron chi connectivity index (χ0n) is 12.5. The van der Waals surface area contributed by atoms with Crippen LogP contribution in [-0.4, -0.2) is 42.4 Å². The van der Waals surface area contributed by atoms with Crippen molar-refractivity contribution >= 4 is 23.6 Å². The summed E-state index contributed by atoms with van der Waals surface area (Å²) in [6, 6.07) is 9.63. The van der Waals surface area contributed by atoms with Crippen LogP contribution in [0.25, 0.3) is 0 Å². The summed E-state index contributed by atoms with van der Waals surface area (Å²) in [7, 11) is 0. The van der Waals surface area contributed by atoms with E-state index in [9.17, 15) is 9.59 Å². The topological polar surface area (TPSA) is 58.6 Å². The van der Waals surface area contributed by atoms with Gasteiger partial charge in [0.25, 0.3) is 0 Å². The van der Waals surface area contributed by atoms with Gasteiger partial charge in [-0.05, 0) is 24.3 Å². The fourth-order valence-corrected chi connectivity index (χ4v) is 2.53. The number of nitrogens with zero attached hydrogens (tertiary/aromatic N) is 1. The molecule has 1 fully saturated rings. The summed E-state index contributed by atoms with van der Waals surface area (Å²) < 4.78 is 5.32. The number of carbonyl (C=O) groups is 2. The molecule has 1 aromatic rings. The lowest BCUT2D eigenvalue weighted by atomic mass is 9.97. The van der Waals surface area contributed by atoms with E-state index in [2.05, 4.69) is 5.32 Å². The van der Waals surface area contributed by atoms with Gasteiger partial charge in [0.15, 0.2) is 0 Å². The van der Waals surface area contributed by atoms with E-state index in [0.717, 1.165) is 18.4 Å². The van der Waals surface area contributed by atoms with Crippen molar-refractivity contribution in [3.05, 3.63) is 35.9 Å². The van der Waals surface area contributed by atoms with Crippen LogP contribution in [0.2, 0.25) is 0 Å². The molecule has 22 heavy (non-hydrogen) atoms. The number of alkyl halides is 1. The Kier molecular flexibility index (Phi) is 6.52. The normalized spacial score (nSPS) is 15.4. The van der Waals surface area contributed by atoms with Crippen LogP contribution in [0.15, 0.2) is 30.3 Å². The highest BCUT2D eigenvalue weighted by Crippen LogP contribution is 2.17. The minimum absolute atomic E-state index is 0.00927. The summed E-state index contributed by atoms with van der Waals surface area (Å²) in [4.78, 5) is 24.9. The minimum Gasteiger partial charge on any atom is -0.445 e. The van der Waals surface area contributed by atoms with E-state index in [4.69, 9.17) is 16.3 Å². The van der Waals surface area contributed by atoms with E-state index in [-0.39, 0.29) is 17.9 Å². The van der Waals surface area contributed by atoms with Gasteiger partial charge in [-0.1, -0.05) is 30.3 Å². The Morgan fingerprint density at radius 2 is 1.91 bits per heavy atom. The van der Waals surface area contributed by atoms with Crippen LogP contribution in [0.3, 0.4) is 0 Å². The first-order chi connectivity index (χ1) is 10.7. The summed E-state index contributed by atoms with van der Waals surface area (Å²) >= 11 is 5.44. The monoisotopic (exact) mass is 324 g/mol. The summed E-state index contributed by atoms with van der Waals surface area (Å²) in [5, 5.41) is 2.79. The summed E-state index contributed by atoms with van der Waals surface area (Å²) in [6.07, 6.45) is 1.46. The molecular weight excluding hydrogens is 304 g/mol. The maximum Gasteiger partial charge on any atom is 0.410 e. The van der Waals surface area contributed by atoms with E-state index in [1.54, 1.807) is 4.90 Å². The molecule has 120 valence electrons. The van der Waals surface area contributed by atoms with Gasteiger partial charge in [-0.15, -0.1) is 11.6 Å². The highest BCUT2D eigenvalue weighted by Gasteiger charge is 2.23. The minimum atomic E-state index is -0.271. The number of hydrogen-bond donors (Lipinski definition) is 1. The fraction of sp³-hybridized carbons (Fsp3) is 0.500. The number of ether oxygens (including phenoxy) is 1. The molecule has 1 saturated heterocycles. The van der Waals surface area contributed by atoms with Gasteiger partial charge in [0.1, 0.15) is 12.5 Å². The molecule has 0 unspecified atom stereocenters. The van der Waals surface area contributed by atoms with Gasteiger partial charge in [0, 0.05) is 19.6 Å². The molecule has 6 heteroatoms. The smallest absolute Gasteiger partial charge is 0.410 e. The molecule has 2 amide bonds. The third kappa shape index (κ3) is 5.22. The summed E-state index contributed by atoms with van der Waals surface area (Å²) in [5.41, 5.74) is 0.981. The van der Waals surface area contributed by atoms with E-state index in [1.165, 1.54) is 0 Å². The zero-order valence-corrected chi connectivity index (χ0v) is 13.2. The van der Waals surface area contributed by atoms with Crippen LogP contribution in [0, 0.1) is 5.92 Å². The molecule has 1 heterocycles. The average molecular weight is 325 g/mol. The third-order valence-electron chi connectivity index (χ3n) is 3.79. The van der Waals surface area contributed by atoms with Crippen LogP contribution in [-0.2, 0) is 16.1 Å². The Balaban J connectivity index is 1.67. The van der Waals surface area contributed by atoms with Gasteiger partial charge >= 0.3 is 6.09 Å². The molecule has 0 radical (unpaired) electrons. The number of likely N-dealkylation sites (tertiary alicyclic amines) is 1. The highest BCUT2D eigenvalue weighted by molar-refractivity contribution is 6.27. The molecule has 0 bridgehead atoms. The summed E-state index contributed by atoms with van der Waals surface area (Å²) in [5.74, 6) is 0.238.